The number of nitrogens with zero attached hydrogens (tertiary/aromatic N) is 1. The molecular formula is C10H10FN3O. The summed E-state index contributed by atoms with van der Waals surface area (Å²) >= 11 is 0. The van der Waals surface area contributed by atoms with Crippen molar-refractivity contribution in [2.45, 2.75) is 6.54 Å². The summed E-state index contributed by atoms with van der Waals surface area (Å²) in [5, 5.41) is 3.26. The van der Waals surface area contributed by atoms with Crippen molar-refractivity contribution in [2.24, 2.45) is 0 Å². The Bertz CT molecular complexity index is 550. The predicted molar refractivity (Wildman–Crippen MR) is 55.1 cm³/mol. The SMILES string of the molecule is CNCc1nc2cc(F)ccc2c(=O)[nH]1. The van der Waals surface area contributed by atoms with E-state index in [9.17, 15) is 9.18 Å². The lowest BCUT2D eigenvalue weighted by Crippen LogP contribution is -2.16. The summed E-state index contributed by atoms with van der Waals surface area (Å²) in [4.78, 5) is 18.3. The molecule has 0 bridgehead atoms. The van der Waals surface area contributed by atoms with Crippen LogP contribution in [-0.2, 0) is 6.54 Å². The molecule has 0 atom stereocenters. The van der Waals surface area contributed by atoms with Crippen LogP contribution in [0.1, 0.15) is 5.82 Å². The Hall–Kier alpha value is -1.75. The van der Waals surface area contributed by atoms with E-state index in [1.807, 2.05) is 0 Å². The lowest BCUT2D eigenvalue weighted by molar-refractivity contribution is 0.629. The highest BCUT2D eigenvalue weighted by Crippen LogP contribution is 2.08. The number of halogens is 1. The van der Waals surface area contributed by atoms with Gasteiger partial charge in [0.2, 0.25) is 0 Å². The normalized spacial score (nSPS) is 10.8. The van der Waals surface area contributed by atoms with Crippen LogP contribution in [0.4, 0.5) is 4.39 Å². The van der Waals surface area contributed by atoms with E-state index < -0.39 is 5.82 Å². The van der Waals surface area contributed by atoms with Gasteiger partial charge in [0.25, 0.3) is 5.56 Å². The summed E-state index contributed by atoms with van der Waals surface area (Å²) in [6.45, 7) is 0.446. The van der Waals surface area contributed by atoms with Crippen molar-refractivity contribution in [3.63, 3.8) is 0 Å². The first-order chi connectivity index (χ1) is 7.20. The van der Waals surface area contributed by atoms with Gasteiger partial charge < -0.3 is 10.3 Å². The summed E-state index contributed by atoms with van der Waals surface area (Å²) in [6, 6.07) is 3.93. The van der Waals surface area contributed by atoms with E-state index >= 15 is 0 Å². The topological polar surface area (TPSA) is 57.8 Å². The van der Waals surface area contributed by atoms with Gasteiger partial charge in [-0.2, -0.15) is 0 Å². The van der Waals surface area contributed by atoms with Crippen molar-refractivity contribution in [2.75, 3.05) is 7.05 Å². The molecule has 0 spiro atoms. The molecule has 15 heavy (non-hydrogen) atoms. The first kappa shape index (κ1) is 9.79. The summed E-state index contributed by atoms with van der Waals surface area (Å²) < 4.78 is 12.9. The first-order valence-electron chi connectivity index (χ1n) is 4.54. The minimum Gasteiger partial charge on any atom is -0.313 e. The van der Waals surface area contributed by atoms with Crippen molar-refractivity contribution >= 4 is 10.9 Å². The van der Waals surface area contributed by atoms with Crippen LogP contribution in [-0.4, -0.2) is 17.0 Å². The van der Waals surface area contributed by atoms with Crippen LogP contribution in [0.5, 0.6) is 0 Å². The van der Waals surface area contributed by atoms with Crippen LogP contribution in [0, 0.1) is 5.82 Å². The van der Waals surface area contributed by atoms with Gasteiger partial charge in [0, 0.05) is 6.07 Å². The fraction of sp³-hybridized carbons (Fsp3) is 0.200. The molecule has 2 N–H and O–H groups in total. The summed E-state index contributed by atoms with van der Waals surface area (Å²) in [6.07, 6.45) is 0. The third kappa shape index (κ3) is 1.87. The molecule has 0 saturated carbocycles. The molecule has 0 unspecified atom stereocenters. The highest BCUT2D eigenvalue weighted by molar-refractivity contribution is 5.77. The maximum Gasteiger partial charge on any atom is 0.258 e. The lowest BCUT2D eigenvalue weighted by Gasteiger charge is -2.01. The Morgan fingerprint density at radius 2 is 2.33 bits per heavy atom. The molecule has 1 heterocycles. The maximum atomic E-state index is 12.9. The average molecular weight is 207 g/mol. The van der Waals surface area contributed by atoms with Crippen LogP contribution >= 0.6 is 0 Å². The van der Waals surface area contributed by atoms with E-state index in [0.717, 1.165) is 0 Å². The van der Waals surface area contributed by atoms with Gasteiger partial charge in [0.15, 0.2) is 0 Å². The number of H-pyrrole nitrogens is 1. The van der Waals surface area contributed by atoms with Gasteiger partial charge >= 0.3 is 0 Å². The van der Waals surface area contributed by atoms with Crippen molar-refractivity contribution in [3.05, 3.63) is 40.2 Å². The third-order valence-corrected chi connectivity index (χ3v) is 2.06. The lowest BCUT2D eigenvalue weighted by atomic mass is 10.2. The number of hydrogen-bond acceptors (Lipinski definition) is 3. The number of benzene rings is 1. The van der Waals surface area contributed by atoms with Gasteiger partial charge in [0.1, 0.15) is 11.6 Å². The molecule has 4 nitrogen and oxygen atoms in total. The highest BCUT2D eigenvalue weighted by Gasteiger charge is 2.03. The van der Waals surface area contributed by atoms with Crippen LogP contribution < -0.4 is 10.9 Å². The molecule has 5 heteroatoms. The minimum absolute atomic E-state index is 0.245. The van der Waals surface area contributed by atoms with E-state index in [-0.39, 0.29) is 5.56 Å². The summed E-state index contributed by atoms with van der Waals surface area (Å²) in [5.41, 5.74) is 0.134. The van der Waals surface area contributed by atoms with Gasteiger partial charge in [0.05, 0.1) is 17.4 Å². The fourth-order valence-electron chi connectivity index (χ4n) is 1.41. The van der Waals surface area contributed by atoms with E-state index in [2.05, 4.69) is 15.3 Å². The van der Waals surface area contributed by atoms with Gasteiger partial charge in [-0.1, -0.05) is 0 Å². The number of hydrogen-bond donors (Lipinski definition) is 2. The standard InChI is InChI=1S/C10H10FN3O/c1-12-5-9-13-8-4-6(11)2-3-7(8)10(15)14-9/h2-4,12H,5H2,1H3,(H,13,14,15). The second-order valence-corrected chi connectivity index (χ2v) is 3.20. The maximum absolute atomic E-state index is 12.9. The minimum atomic E-state index is -0.393. The smallest absolute Gasteiger partial charge is 0.258 e. The van der Waals surface area contributed by atoms with Crippen LogP contribution in [0.2, 0.25) is 0 Å². The largest absolute Gasteiger partial charge is 0.313 e. The van der Waals surface area contributed by atoms with Crippen molar-refractivity contribution in [1.82, 2.24) is 15.3 Å². The first-order valence-corrected chi connectivity index (χ1v) is 4.54. The van der Waals surface area contributed by atoms with E-state index in [1.54, 1.807) is 7.05 Å². The Labute approximate surface area is 85.2 Å². The molecular weight excluding hydrogens is 197 g/mol. The van der Waals surface area contributed by atoms with Gasteiger partial charge in [-0.25, -0.2) is 9.37 Å². The quantitative estimate of drug-likeness (QED) is 0.765. The van der Waals surface area contributed by atoms with Crippen molar-refractivity contribution in [1.29, 1.82) is 0 Å². The van der Waals surface area contributed by atoms with Gasteiger partial charge in [-0.15, -0.1) is 0 Å². The number of aromatic nitrogens is 2. The second-order valence-electron chi connectivity index (χ2n) is 3.20. The molecule has 0 aliphatic carbocycles. The number of rotatable bonds is 2. The van der Waals surface area contributed by atoms with Crippen LogP contribution in [0.15, 0.2) is 23.0 Å². The molecule has 0 saturated heterocycles. The van der Waals surface area contributed by atoms with E-state index in [4.69, 9.17) is 0 Å². The molecule has 0 aliphatic rings. The molecule has 1 aromatic heterocycles. The van der Waals surface area contributed by atoms with Crippen molar-refractivity contribution in [3.8, 4) is 0 Å². The van der Waals surface area contributed by atoms with Crippen LogP contribution in [0.25, 0.3) is 10.9 Å². The molecule has 0 fully saturated rings. The van der Waals surface area contributed by atoms with E-state index in [0.29, 0.717) is 23.3 Å². The second kappa shape index (κ2) is 3.78. The fourth-order valence-corrected chi connectivity index (χ4v) is 1.41. The summed E-state index contributed by atoms with van der Waals surface area (Å²) in [5.74, 6) is 0.108. The molecule has 1 aromatic carbocycles. The average Bonchev–Trinajstić information content (AvgIpc) is 2.17. The third-order valence-electron chi connectivity index (χ3n) is 2.06. The Balaban J connectivity index is 2.68. The van der Waals surface area contributed by atoms with Gasteiger partial charge in [-0.05, 0) is 19.2 Å². The predicted octanol–water partition coefficient (Wildman–Crippen LogP) is 0.782. The molecule has 2 aromatic rings. The Morgan fingerprint density at radius 3 is 3.07 bits per heavy atom. The zero-order valence-electron chi connectivity index (χ0n) is 8.17. The zero-order chi connectivity index (χ0) is 10.8. The van der Waals surface area contributed by atoms with Crippen molar-refractivity contribution < 1.29 is 4.39 Å². The molecule has 0 aliphatic heterocycles. The Kier molecular flexibility index (Phi) is 2.47. The highest BCUT2D eigenvalue weighted by atomic mass is 19.1. The van der Waals surface area contributed by atoms with Crippen LogP contribution in [0.3, 0.4) is 0 Å². The molecule has 2 rings (SSSR count). The summed E-state index contributed by atoms with van der Waals surface area (Å²) in [7, 11) is 1.75. The monoisotopic (exact) mass is 207 g/mol. The van der Waals surface area contributed by atoms with Gasteiger partial charge in [-0.3, -0.25) is 4.79 Å². The zero-order valence-corrected chi connectivity index (χ0v) is 8.17. The molecule has 78 valence electrons. The number of nitrogens with one attached hydrogen (secondary N) is 2. The van der Waals surface area contributed by atoms with E-state index in [1.165, 1.54) is 18.2 Å². The molecule has 0 amide bonds. The number of fused-ring (bicyclic) bond motifs is 1. The number of aromatic amines is 1. The molecule has 0 radical (unpaired) electrons. The Morgan fingerprint density at radius 1 is 1.53 bits per heavy atom.